The molecule has 0 amide bonds. The molecule has 0 N–H and O–H groups in total. The number of halogens is 11. The van der Waals surface area contributed by atoms with Crippen LogP contribution in [0.2, 0.25) is 0 Å². The van der Waals surface area contributed by atoms with E-state index in [1.165, 1.54) is 0 Å². The molecule has 0 fully saturated rings. The number of benzene rings is 3. The number of methoxy groups -OCH3 is 3. The highest BCUT2D eigenvalue weighted by Gasteiger charge is 2.44. The van der Waals surface area contributed by atoms with Crippen LogP contribution in [-0.2, 0) is 0 Å². The lowest BCUT2D eigenvalue weighted by Crippen LogP contribution is -2.59. The molecule has 3 aromatic carbocycles. The van der Waals surface area contributed by atoms with Crippen molar-refractivity contribution in [2.24, 2.45) is 0 Å². The van der Waals surface area contributed by atoms with Crippen LogP contribution in [0.25, 0.3) is 0 Å². The summed E-state index contributed by atoms with van der Waals surface area (Å²) in [7, 11) is 1.76. The van der Waals surface area contributed by atoms with E-state index in [1.54, 1.807) is 0 Å². The summed E-state index contributed by atoms with van der Waals surface area (Å²) in [6, 6.07) is -0.140. The van der Waals surface area contributed by atoms with E-state index in [2.05, 4.69) is 14.2 Å². The van der Waals surface area contributed by atoms with Gasteiger partial charge < -0.3 is 14.2 Å². The monoisotopic (exact) mass is 530 g/mol. The zero-order valence-corrected chi connectivity index (χ0v) is 18.0. The minimum absolute atomic E-state index is 0.140. The Morgan fingerprint density at radius 1 is 0.417 bits per heavy atom. The summed E-state index contributed by atoms with van der Waals surface area (Å²) in [6.45, 7) is -3.31. The van der Waals surface area contributed by atoms with Gasteiger partial charge in [-0.3, -0.25) is 0 Å². The number of hydrogen-bond donors (Lipinski definition) is 0. The maximum Gasteiger partial charge on any atom is 0.266 e. The van der Waals surface area contributed by atoms with Crippen LogP contribution in [0.1, 0.15) is 0 Å². The summed E-state index contributed by atoms with van der Waals surface area (Å²) < 4.78 is 174. The topological polar surface area (TPSA) is 27.7 Å². The first-order valence-corrected chi connectivity index (χ1v) is 9.36. The zero-order chi connectivity index (χ0) is 27.2. The quantitative estimate of drug-likeness (QED) is 0.276. The molecule has 3 aromatic rings. The van der Waals surface area contributed by atoms with E-state index in [4.69, 9.17) is 0 Å². The lowest BCUT2D eigenvalue weighted by Gasteiger charge is -2.23. The maximum atomic E-state index is 15.0. The Morgan fingerprint density at radius 3 is 1.06 bits per heavy atom. The Kier molecular flexibility index (Phi) is 7.32. The predicted octanol–water partition coefficient (Wildman–Crippen LogP) is 3.76. The summed E-state index contributed by atoms with van der Waals surface area (Å²) in [5.74, 6) is -30.4. The molecular formula is C21H10BF11O3. The van der Waals surface area contributed by atoms with Crippen molar-refractivity contribution >= 4 is 23.1 Å². The van der Waals surface area contributed by atoms with Gasteiger partial charge in [-0.05, 0) is 0 Å². The van der Waals surface area contributed by atoms with Gasteiger partial charge in [0.15, 0.2) is 58.0 Å². The summed E-state index contributed by atoms with van der Waals surface area (Å²) in [4.78, 5) is 0. The molecule has 0 spiro atoms. The average Bonchev–Trinajstić information content (AvgIpc) is 2.83. The molecule has 36 heavy (non-hydrogen) atoms. The Bertz CT molecular complexity index is 1250. The second-order valence-electron chi connectivity index (χ2n) is 6.94. The van der Waals surface area contributed by atoms with Crippen molar-refractivity contribution in [3.63, 3.8) is 0 Å². The molecule has 0 bridgehead atoms. The van der Waals surface area contributed by atoms with E-state index in [0.717, 1.165) is 0 Å². The molecule has 0 saturated heterocycles. The molecule has 0 atom stereocenters. The van der Waals surface area contributed by atoms with Crippen LogP contribution in [0.15, 0.2) is 6.07 Å². The lowest BCUT2D eigenvalue weighted by atomic mass is 9.35. The Hall–Kier alpha value is -3.65. The van der Waals surface area contributed by atoms with Crippen LogP contribution in [-0.4, -0.2) is 28.0 Å². The first-order valence-electron chi connectivity index (χ1n) is 9.36. The predicted molar refractivity (Wildman–Crippen MR) is 103 cm³/mol. The molecule has 0 saturated carbocycles. The van der Waals surface area contributed by atoms with Crippen molar-refractivity contribution < 1.29 is 62.5 Å². The molecule has 0 heterocycles. The third kappa shape index (κ3) is 3.86. The van der Waals surface area contributed by atoms with E-state index in [1.807, 2.05) is 0 Å². The number of ether oxygens (including phenoxy) is 3. The van der Waals surface area contributed by atoms with Crippen LogP contribution >= 0.6 is 0 Å². The molecule has 0 radical (unpaired) electrons. The fourth-order valence-electron chi connectivity index (χ4n) is 3.62. The second-order valence-corrected chi connectivity index (χ2v) is 6.94. The van der Waals surface area contributed by atoms with Gasteiger partial charge in [0.2, 0.25) is 23.3 Å². The van der Waals surface area contributed by atoms with Gasteiger partial charge in [0.05, 0.1) is 21.3 Å². The van der Waals surface area contributed by atoms with Crippen molar-refractivity contribution in [2.45, 2.75) is 0 Å². The second kappa shape index (κ2) is 9.78. The summed E-state index contributed by atoms with van der Waals surface area (Å²) in [5.41, 5.74) is -6.05. The molecule has 15 heteroatoms. The van der Waals surface area contributed by atoms with Gasteiger partial charge in [0, 0.05) is 22.5 Å². The van der Waals surface area contributed by atoms with Gasteiger partial charge in [-0.2, -0.15) is 17.6 Å². The zero-order valence-electron chi connectivity index (χ0n) is 18.0. The van der Waals surface area contributed by atoms with Crippen LogP contribution in [0.4, 0.5) is 48.3 Å². The van der Waals surface area contributed by atoms with Crippen molar-refractivity contribution in [3.05, 3.63) is 70.1 Å². The molecule has 0 aromatic heterocycles. The molecule has 3 rings (SSSR count). The standard InChI is InChI=1S/C21H10BF11O3/c1-34-19-6(24)4-5(23)10(25)9(19)22(7-11(26)15(30)20(35-2)16(31)12(7)27)8-13(28)17(32)21(36-3)18(33)14(8)29/h4H,1-3H3. The highest BCUT2D eigenvalue weighted by atomic mass is 19.2. The van der Waals surface area contributed by atoms with E-state index in [-0.39, 0.29) is 6.07 Å². The van der Waals surface area contributed by atoms with Gasteiger partial charge in [0.1, 0.15) is 0 Å². The normalized spacial score (nSPS) is 11.1. The van der Waals surface area contributed by atoms with E-state index < -0.39 is 104 Å². The summed E-state index contributed by atoms with van der Waals surface area (Å²) in [5, 5.41) is 0. The van der Waals surface area contributed by atoms with Gasteiger partial charge in [-0.1, -0.05) is 0 Å². The lowest BCUT2D eigenvalue weighted by molar-refractivity contribution is 0.334. The third-order valence-corrected chi connectivity index (χ3v) is 5.15. The summed E-state index contributed by atoms with van der Waals surface area (Å²) >= 11 is 0. The van der Waals surface area contributed by atoms with E-state index >= 15 is 17.6 Å². The largest absolute Gasteiger partial charge is 0.494 e. The molecule has 0 aliphatic heterocycles. The number of hydrogen-bond acceptors (Lipinski definition) is 3. The Labute approximate surface area is 195 Å². The third-order valence-electron chi connectivity index (χ3n) is 5.15. The fraction of sp³-hybridized carbons (Fsp3) is 0.143. The molecular weight excluding hydrogens is 520 g/mol. The van der Waals surface area contributed by atoms with Gasteiger partial charge in [0.25, 0.3) is 6.71 Å². The van der Waals surface area contributed by atoms with Crippen LogP contribution in [0.5, 0.6) is 17.2 Å². The smallest absolute Gasteiger partial charge is 0.266 e. The minimum Gasteiger partial charge on any atom is -0.494 e. The van der Waals surface area contributed by atoms with E-state index in [0.29, 0.717) is 21.3 Å². The first kappa shape index (κ1) is 27.0. The number of rotatable bonds is 6. The van der Waals surface area contributed by atoms with Crippen LogP contribution in [0, 0.1) is 64.0 Å². The highest BCUT2D eigenvalue weighted by Crippen LogP contribution is 2.30. The summed E-state index contributed by atoms with van der Waals surface area (Å²) in [6.07, 6.45) is 0. The molecule has 0 unspecified atom stereocenters. The van der Waals surface area contributed by atoms with Crippen molar-refractivity contribution in [1.29, 1.82) is 0 Å². The van der Waals surface area contributed by atoms with E-state index in [9.17, 15) is 30.7 Å². The van der Waals surface area contributed by atoms with Crippen molar-refractivity contribution in [1.82, 2.24) is 0 Å². The van der Waals surface area contributed by atoms with Gasteiger partial charge >= 0.3 is 0 Å². The van der Waals surface area contributed by atoms with Crippen molar-refractivity contribution in [3.8, 4) is 17.2 Å². The maximum absolute atomic E-state index is 15.0. The van der Waals surface area contributed by atoms with Crippen molar-refractivity contribution in [2.75, 3.05) is 21.3 Å². The van der Waals surface area contributed by atoms with Crippen LogP contribution < -0.4 is 30.6 Å². The molecule has 3 nitrogen and oxygen atoms in total. The highest BCUT2D eigenvalue weighted by molar-refractivity contribution is 6.96. The minimum atomic E-state index is -3.31. The molecule has 0 aliphatic rings. The molecule has 192 valence electrons. The first-order chi connectivity index (χ1) is 16.8. The fourth-order valence-corrected chi connectivity index (χ4v) is 3.62. The Morgan fingerprint density at radius 2 is 0.750 bits per heavy atom. The molecule has 0 aliphatic carbocycles. The van der Waals surface area contributed by atoms with Gasteiger partial charge in [-0.15, -0.1) is 0 Å². The van der Waals surface area contributed by atoms with Crippen LogP contribution in [0.3, 0.4) is 0 Å². The SMILES string of the molecule is COc1c(F)c(F)c(B(c2c(F)c(F)c(OC)c(F)c2F)c2c(F)c(F)cc(F)c2OC)c(F)c1F. The Balaban J connectivity index is 2.68. The average molecular weight is 530 g/mol. The van der Waals surface area contributed by atoms with Gasteiger partial charge in [-0.25, -0.2) is 30.7 Å².